The molecule has 0 spiro atoms. The van der Waals surface area contributed by atoms with Gasteiger partial charge in [-0.05, 0) is 51.9 Å². The Balaban J connectivity index is 1.77. The highest BCUT2D eigenvalue weighted by atomic mass is 15.0. The Morgan fingerprint density at radius 3 is 1.94 bits per heavy atom. The van der Waals surface area contributed by atoms with Crippen LogP contribution in [0.3, 0.4) is 0 Å². The minimum atomic E-state index is -0.0989. The fraction of sp³-hybridized carbons (Fsp3) is 0.118. The van der Waals surface area contributed by atoms with Crippen molar-refractivity contribution < 1.29 is 0 Å². The maximum Gasteiger partial charge on any atom is 0.0623 e. The predicted molar refractivity (Wildman–Crippen MR) is 151 cm³/mol. The highest BCUT2D eigenvalue weighted by Gasteiger charge is 2.41. The van der Waals surface area contributed by atoms with Crippen molar-refractivity contribution in [2.75, 3.05) is 0 Å². The lowest BCUT2D eigenvalue weighted by atomic mass is 9.80. The average Bonchev–Trinajstić information content (AvgIpc) is 3.36. The molecule has 1 heteroatoms. The third-order valence-electron chi connectivity index (χ3n) is 7.94. The second-order valence-electron chi connectivity index (χ2n) is 10.4. The molecule has 0 fully saturated rings. The van der Waals surface area contributed by atoms with E-state index in [2.05, 4.69) is 129 Å². The summed E-state index contributed by atoms with van der Waals surface area (Å²) >= 11 is 0. The van der Waals surface area contributed by atoms with Gasteiger partial charge in [0.2, 0.25) is 0 Å². The quantitative estimate of drug-likeness (QED) is 0.232. The van der Waals surface area contributed by atoms with Crippen LogP contribution in [0.15, 0.2) is 104 Å². The maximum absolute atomic E-state index is 4.14. The van der Waals surface area contributed by atoms with Crippen LogP contribution in [0.1, 0.15) is 37.5 Å². The number of hydrogen-bond acceptors (Lipinski definition) is 0. The summed E-state index contributed by atoms with van der Waals surface area (Å²) < 4.78 is 2.52. The second-order valence-corrected chi connectivity index (χ2v) is 10.4. The largest absolute Gasteiger partial charge is 0.308 e. The molecule has 0 saturated carbocycles. The molecule has 1 aliphatic carbocycles. The number of hydrogen-bond donors (Lipinski definition) is 0. The molecule has 0 bridgehead atoms. The monoisotopic (exact) mass is 449 g/mol. The minimum Gasteiger partial charge on any atom is -0.308 e. The Kier molecular flexibility index (Phi) is 4.03. The number of allylic oxidation sites excluding steroid dienone is 1. The third-order valence-corrected chi connectivity index (χ3v) is 7.94. The summed E-state index contributed by atoms with van der Waals surface area (Å²) in [5.74, 6) is 0. The van der Waals surface area contributed by atoms with Crippen LogP contribution in [-0.2, 0) is 5.41 Å². The lowest BCUT2D eigenvalue weighted by Gasteiger charge is -2.22. The Labute approximate surface area is 206 Å². The SMILES string of the molecule is C=C(C)c1ccc(-n2c3c(c4c5ccccc5c5ccccc5c42)C(C)(C)c2ccccc2-3)cc1. The van der Waals surface area contributed by atoms with E-state index >= 15 is 0 Å². The van der Waals surface area contributed by atoms with Crippen molar-refractivity contribution in [3.8, 4) is 16.9 Å². The zero-order chi connectivity index (χ0) is 23.9. The first-order chi connectivity index (χ1) is 17.0. The summed E-state index contributed by atoms with van der Waals surface area (Å²) in [6.45, 7) is 11.0. The molecule has 168 valence electrons. The summed E-state index contributed by atoms with van der Waals surface area (Å²) in [5.41, 5.74) is 10.1. The van der Waals surface area contributed by atoms with Crippen molar-refractivity contribution in [3.63, 3.8) is 0 Å². The predicted octanol–water partition coefficient (Wildman–Crippen LogP) is 9.28. The summed E-state index contributed by atoms with van der Waals surface area (Å²) in [4.78, 5) is 0. The van der Waals surface area contributed by atoms with Gasteiger partial charge >= 0.3 is 0 Å². The molecule has 1 aromatic heterocycles. The van der Waals surface area contributed by atoms with Crippen molar-refractivity contribution >= 4 is 38.0 Å². The molecule has 0 radical (unpaired) electrons. The smallest absolute Gasteiger partial charge is 0.0623 e. The van der Waals surface area contributed by atoms with Gasteiger partial charge in [0.1, 0.15) is 0 Å². The van der Waals surface area contributed by atoms with E-state index in [0.717, 1.165) is 5.57 Å². The van der Waals surface area contributed by atoms with Crippen LogP contribution in [0, 0.1) is 0 Å². The van der Waals surface area contributed by atoms with Gasteiger partial charge < -0.3 is 4.57 Å². The Morgan fingerprint density at radius 2 is 1.26 bits per heavy atom. The fourth-order valence-electron chi connectivity index (χ4n) is 6.34. The molecule has 5 aromatic carbocycles. The Hall–Kier alpha value is -4.10. The molecule has 0 N–H and O–H groups in total. The third kappa shape index (κ3) is 2.58. The first-order valence-electron chi connectivity index (χ1n) is 12.3. The highest BCUT2D eigenvalue weighted by molar-refractivity contribution is 6.27. The molecule has 0 amide bonds. The molecule has 7 rings (SSSR count). The molecular formula is C34H27N. The van der Waals surface area contributed by atoms with Gasteiger partial charge in [-0.15, -0.1) is 0 Å². The maximum atomic E-state index is 4.14. The molecule has 6 aromatic rings. The van der Waals surface area contributed by atoms with Gasteiger partial charge in [-0.2, -0.15) is 0 Å². The van der Waals surface area contributed by atoms with E-state index in [1.165, 1.54) is 66.1 Å². The van der Waals surface area contributed by atoms with Crippen LogP contribution in [0.4, 0.5) is 0 Å². The van der Waals surface area contributed by atoms with Gasteiger partial charge in [0.05, 0.1) is 11.2 Å². The van der Waals surface area contributed by atoms with Crippen LogP contribution in [0.25, 0.3) is 55.0 Å². The topological polar surface area (TPSA) is 4.93 Å². The molecule has 0 saturated heterocycles. The molecular weight excluding hydrogens is 422 g/mol. The van der Waals surface area contributed by atoms with Crippen molar-refractivity contribution in [2.24, 2.45) is 0 Å². The zero-order valence-corrected chi connectivity index (χ0v) is 20.4. The number of nitrogens with zero attached hydrogens (tertiary/aromatic N) is 1. The zero-order valence-electron chi connectivity index (χ0n) is 20.4. The van der Waals surface area contributed by atoms with Crippen molar-refractivity contribution in [1.29, 1.82) is 0 Å². The lowest BCUT2D eigenvalue weighted by molar-refractivity contribution is 0.666. The molecule has 1 nitrogen and oxygen atoms in total. The van der Waals surface area contributed by atoms with Crippen LogP contribution in [-0.4, -0.2) is 4.57 Å². The lowest BCUT2D eigenvalue weighted by Crippen LogP contribution is -2.14. The van der Waals surface area contributed by atoms with Gasteiger partial charge in [-0.1, -0.05) is 111 Å². The van der Waals surface area contributed by atoms with Crippen molar-refractivity contribution in [2.45, 2.75) is 26.2 Å². The highest BCUT2D eigenvalue weighted by Crippen LogP contribution is 2.56. The van der Waals surface area contributed by atoms with Gasteiger partial charge in [0.25, 0.3) is 0 Å². The average molecular weight is 450 g/mol. The fourth-order valence-corrected chi connectivity index (χ4v) is 6.34. The first-order valence-corrected chi connectivity index (χ1v) is 12.3. The van der Waals surface area contributed by atoms with E-state index in [1.54, 1.807) is 0 Å². The first kappa shape index (κ1) is 20.3. The number of benzene rings is 5. The molecule has 35 heavy (non-hydrogen) atoms. The summed E-state index contributed by atoms with van der Waals surface area (Å²) in [6, 6.07) is 35.6. The van der Waals surface area contributed by atoms with Crippen molar-refractivity contribution in [3.05, 3.63) is 120 Å². The molecule has 0 unspecified atom stereocenters. The van der Waals surface area contributed by atoms with Crippen LogP contribution < -0.4 is 0 Å². The summed E-state index contributed by atoms with van der Waals surface area (Å²) in [5, 5.41) is 6.63. The van der Waals surface area contributed by atoms with Gasteiger partial charge in [0.15, 0.2) is 0 Å². The van der Waals surface area contributed by atoms with E-state index in [4.69, 9.17) is 0 Å². The van der Waals surface area contributed by atoms with Crippen LogP contribution in [0.5, 0.6) is 0 Å². The number of aromatic nitrogens is 1. The summed E-state index contributed by atoms with van der Waals surface area (Å²) in [6.07, 6.45) is 0. The second kappa shape index (κ2) is 6.96. The van der Waals surface area contributed by atoms with Gasteiger partial charge in [0, 0.05) is 27.4 Å². The summed E-state index contributed by atoms with van der Waals surface area (Å²) in [7, 11) is 0. The van der Waals surface area contributed by atoms with E-state index < -0.39 is 0 Å². The molecule has 0 atom stereocenters. The molecule has 1 heterocycles. The van der Waals surface area contributed by atoms with E-state index in [0.29, 0.717) is 0 Å². The minimum absolute atomic E-state index is 0.0989. The number of rotatable bonds is 2. The van der Waals surface area contributed by atoms with Gasteiger partial charge in [-0.3, -0.25) is 0 Å². The number of fused-ring (bicyclic) bond motifs is 10. The Bertz CT molecular complexity index is 1830. The van der Waals surface area contributed by atoms with E-state index in [1.807, 2.05) is 0 Å². The molecule has 1 aliphatic rings. The van der Waals surface area contributed by atoms with Crippen LogP contribution >= 0.6 is 0 Å². The normalized spacial score (nSPS) is 13.9. The Morgan fingerprint density at radius 1 is 0.686 bits per heavy atom. The van der Waals surface area contributed by atoms with E-state index in [-0.39, 0.29) is 5.41 Å². The van der Waals surface area contributed by atoms with Crippen molar-refractivity contribution in [1.82, 2.24) is 4.57 Å². The van der Waals surface area contributed by atoms with Crippen LogP contribution in [0.2, 0.25) is 0 Å². The van der Waals surface area contributed by atoms with E-state index in [9.17, 15) is 0 Å². The molecule has 0 aliphatic heterocycles. The standard InChI is InChI=1S/C34H27N/c1-21(2)22-17-19-23(20-18-22)35-32-27-14-8-6-12-25(27)24-11-5-7-13-26(24)30(32)31-33(35)28-15-9-10-16-29(28)34(31,3)4/h5-20H,1H2,2-4H3. The van der Waals surface area contributed by atoms with Gasteiger partial charge in [-0.25, -0.2) is 0 Å².